The quantitative estimate of drug-likeness (QED) is 0.227. The number of rotatable bonds is 9. The summed E-state index contributed by atoms with van der Waals surface area (Å²) in [5.74, 6) is 1.22. The first-order valence-electron chi connectivity index (χ1n) is 9.30. The predicted molar refractivity (Wildman–Crippen MR) is 118 cm³/mol. The summed E-state index contributed by atoms with van der Waals surface area (Å²) >= 11 is 4.66. The van der Waals surface area contributed by atoms with Crippen molar-refractivity contribution in [2.45, 2.75) is 24.3 Å². The molecule has 0 aliphatic heterocycles. The zero-order valence-electron chi connectivity index (χ0n) is 17.0. The molecule has 0 unspecified atom stereocenters. The van der Waals surface area contributed by atoms with Crippen molar-refractivity contribution in [3.8, 4) is 17.2 Å². The van der Waals surface area contributed by atoms with E-state index in [1.54, 1.807) is 35.8 Å². The van der Waals surface area contributed by atoms with Gasteiger partial charge < -0.3 is 9.47 Å². The van der Waals surface area contributed by atoms with E-state index in [1.807, 2.05) is 6.92 Å². The molecule has 0 amide bonds. The number of methoxy groups -OCH3 is 1. The Morgan fingerprint density at radius 1 is 1.29 bits per heavy atom. The highest BCUT2D eigenvalue weighted by Gasteiger charge is 2.26. The molecule has 0 radical (unpaired) electrons. The van der Waals surface area contributed by atoms with Crippen LogP contribution < -0.4 is 9.47 Å². The molecule has 1 heterocycles. The molecule has 0 bridgehead atoms. The average molecular weight is 511 g/mol. The summed E-state index contributed by atoms with van der Waals surface area (Å²) in [5.41, 5.74) is 1.33. The first kappa shape index (κ1) is 23.0. The summed E-state index contributed by atoms with van der Waals surface area (Å²) in [5, 5.41) is 19.6. The number of aryl methyl sites for hydroxylation is 1. The van der Waals surface area contributed by atoms with Gasteiger partial charge in [-0.1, -0.05) is 11.8 Å². The fraction of sp³-hybridized carbons (Fsp3) is 0.300. The van der Waals surface area contributed by atoms with Gasteiger partial charge in [-0.05, 0) is 71.7 Å². The molecule has 1 atom stereocenters. The van der Waals surface area contributed by atoms with E-state index in [0.29, 0.717) is 44.8 Å². The average Bonchev–Trinajstić information content (AvgIpc) is 3.08. The Bertz CT molecular complexity index is 1080. The Hall–Kier alpha value is -2.66. The zero-order chi connectivity index (χ0) is 22.5. The molecule has 0 fully saturated rings. The van der Waals surface area contributed by atoms with Gasteiger partial charge >= 0.3 is 0 Å². The summed E-state index contributed by atoms with van der Waals surface area (Å²) < 4.78 is 26.8. The Kier molecular flexibility index (Phi) is 7.50. The van der Waals surface area contributed by atoms with Crippen molar-refractivity contribution >= 4 is 27.7 Å². The highest BCUT2D eigenvalue weighted by atomic mass is 79.9. The van der Waals surface area contributed by atoms with E-state index in [0.717, 1.165) is 0 Å². The number of halogens is 2. The summed E-state index contributed by atoms with van der Waals surface area (Å²) in [6, 6.07) is 9.40. The molecule has 31 heavy (non-hydrogen) atoms. The van der Waals surface area contributed by atoms with Gasteiger partial charge in [0.15, 0.2) is 16.7 Å². The second kappa shape index (κ2) is 10.1. The second-order valence-electron chi connectivity index (χ2n) is 6.43. The van der Waals surface area contributed by atoms with Crippen molar-refractivity contribution < 1.29 is 18.8 Å². The summed E-state index contributed by atoms with van der Waals surface area (Å²) in [6.45, 7) is 3.68. The van der Waals surface area contributed by atoms with Gasteiger partial charge in [0.1, 0.15) is 16.9 Å². The molecule has 0 spiro atoms. The second-order valence-corrected chi connectivity index (χ2v) is 8.45. The molecule has 3 aromatic rings. The van der Waals surface area contributed by atoms with Gasteiger partial charge in [0.25, 0.3) is 0 Å². The molecule has 1 aromatic heterocycles. The largest absolute Gasteiger partial charge is 0.492 e. The van der Waals surface area contributed by atoms with Gasteiger partial charge in [0.2, 0.25) is 6.54 Å². The van der Waals surface area contributed by atoms with Crippen LogP contribution in [-0.4, -0.2) is 39.9 Å². The van der Waals surface area contributed by atoms with Crippen LogP contribution in [-0.2, 0) is 0 Å². The molecular weight excluding hydrogens is 491 g/mol. The van der Waals surface area contributed by atoms with Crippen LogP contribution in [0.1, 0.15) is 23.6 Å². The number of benzene rings is 2. The highest BCUT2D eigenvalue weighted by Crippen LogP contribution is 2.43. The van der Waals surface area contributed by atoms with E-state index in [-0.39, 0.29) is 17.3 Å². The van der Waals surface area contributed by atoms with Crippen LogP contribution in [0.3, 0.4) is 0 Å². The monoisotopic (exact) mass is 510 g/mol. The fourth-order valence-electron chi connectivity index (χ4n) is 3.01. The third-order valence-corrected chi connectivity index (χ3v) is 6.12. The summed E-state index contributed by atoms with van der Waals surface area (Å²) in [6.07, 6.45) is 0. The normalized spacial score (nSPS) is 11.9. The van der Waals surface area contributed by atoms with E-state index < -0.39 is 5.25 Å². The van der Waals surface area contributed by atoms with E-state index in [2.05, 4.69) is 26.1 Å². The topological polar surface area (TPSA) is 92.3 Å². The number of hydrogen-bond donors (Lipinski definition) is 0. The van der Waals surface area contributed by atoms with Gasteiger partial charge in [0.05, 0.1) is 18.2 Å². The number of nitro groups is 1. The lowest BCUT2D eigenvalue weighted by atomic mass is 10.1. The number of thioether (sulfide) groups is 1. The van der Waals surface area contributed by atoms with E-state index in [4.69, 9.17) is 9.47 Å². The molecular formula is C20H20BrFN4O4S. The van der Waals surface area contributed by atoms with Gasteiger partial charge in [-0.15, -0.1) is 10.2 Å². The lowest BCUT2D eigenvalue weighted by Crippen LogP contribution is -2.12. The van der Waals surface area contributed by atoms with Crippen molar-refractivity contribution in [2.24, 2.45) is 0 Å². The maximum Gasteiger partial charge on any atom is 0.220 e. The Morgan fingerprint density at radius 2 is 2.00 bits per heavy atom. The van der Waals surface area contributed by atoms with Crippen molar-refractivity contribution in [3.05, 3.63) is 68.2 Å². The maximum atomic E-state index is 13.4. The SMILES string of the molecule is CCOc1cc([C@@H](C[N+](=O)[O-])Sc2nnc(C)n2-c2ccc(F)cc2)cc(Br)c1OC. The Labute approximate surface area is 191 Å². The minimum absolute atomic E-state index is 0.343. The maximum absolute atomic E-state index is 13.4. The standard InChI is InChI=1S/C20H20BrFN4O4S/c1-4-30-17-10-13(9-16(21)19(17)29-3)18(11-25(27)28)31-20-24-23-12(2)26(20)15-7-5-14(22)6-8-15/h5-10,18H,4,11H2,1-3H3/t18-/m1/s1. The van der Waals surface area contributed by atoms with Crippen LogP contribution in [0.2, 0.25) is 0 Å². The predicted octanol–water partition coefficient (Wildman–Crippen LogP) is 4.99. The van der Waals surface area contributed by atoms with Crippen LogP contribution in [0.4, 0.5) is 4.39 Å². The Morgan fingerprint density at radius 3 is 2.61 bits per heavy atom. The Balaban J connectivity index is 2.03. The van der Waals surface area contributed by atoms with Gasteiger partial charge in [-0.25, -0.2) is 4.39 Å². The molecule has 0 N–H and O–H groups in total. The zero-order valence-corrected chi connectivity index (χ0v) is 19.4. The molecule has 164 valence electrons. The third-order valence-electron chi connectivity index (χ3n) is 4.35. The van der Waals surface area contributed by atoms with Crippen molar-refractivity contribution in [1.29, 1.82) is 0 Å². The lowest BCUT2D eigenvalue weighted by molar-refractivity contribution is -0.479. The molecule has 11 heteroatoms. The smallest absolute Gasteiger partial charge is 0.220 e. The van der Waals surface area contributed by atoms with E-state index in [1.165, 1.54) is 31.0 Å². The van der Waals surface area contributed by atoms with E-state index >= 15 is 0 Å². The number of aromatic nitrogens is 3. The van der Waals surface area contributed by atoms with Crippen molar-refractivity contribution in [3.63, 3.8) is 0 Å². The van der Waals surface area contributed by atoms with E-state index in [9.17, 15) is 14.5 Å². The number of nitrogens with zero attached hydrogens (tertiary/aromatic N) is 4. The fourth-order valence-corrected chi connectivity index (χ4v) is 4.79. The number of ether oxygens (including phenoxy) is 2. The van der Waals surface area contributed by atoms with Crippen molar-refractivity contribution in [1.82, 2.24) is 14.8 Å². The molecule has 2 aromatic carbocycles. The first-order valence-corrected chi connectivity index (χ1v) is 11.0. The van der Waals surface area contributed by atoms with Crippen LogP contribution >= 0.6 is 27.7 Å². The molecule has 0 saturated heterocycles. The van der Waals surface area contributed by atoms with Crippen LogP contribution in [0.15, 0.2) is 46.0 Å². The number of hydrogen-bond acceptors (Lipinski definition) is 7. The van der Waals surface area contributed by atoms with Gasteiger partial charge in [-0.3, -0.25) is 14.7 Å². The summed E-state index contributed by atoms with van der Waals surface area (Å²) in [4.78, 5) is 11.1. The lowest BCUT2D eigenvalue weighted by Gasteiger charge is -2.18. The third kappa shape index (κ3) is 5.34. The molecule has 0 saturated carbocycles. The van der Waals surface area contributed by atoms with Crippen LogP contribution in [0, 0.1) is 22.9 Å². The van der Waals surface area contributed by atoms with Crippen LogP contribution in [0.5, 0.6) is 11.5 Å². The first-order chi connectivity index (χ1) is 14.8. The minimum Gasteiger partial charge on any atom is -0.492 e. The summed E-state index contributed by atoms with van der Waals surface area (Å²) in [7, 11) is 1.53. The molecule has 8 nitrogen and oxygen atoms in total. The van der Waals surface area contributed by atoms with Gasteiger partial charge in [-0.2, -0.15) is 0 Å². The minimum atomic E-state index is -0.584. The van der Waals surface area contributed by atoms with Gasteiger partial charge in [0, 0.05) is 10.6 Å². The molecule has 3 rings (SSSR count). The van der Waals surface area contributed by atoms with Crippen LogP contribution in [0.25, 0.3) is 5.69 Å². The van der Waals surface area contributed by atoms with Crippen molar-refractivity contribution in [2.75, 3.05) is 20.3 Å². The molecule has 0 aliphatic carbocycles. The molecule has 0 aliphatic rings. The highest BCUT2D eigenvalue weighted by molar-refractivity contribution is 9.10.